The van der Waals surface area contributed by atoms with Gasteiger partial charge >= 0.3 is 0 Å². The van der Waals surface area contributed by atoms with Gasteiger partial charge in [-0.15, -0.1) is 0 Å². The van der Waals surface area contributed by atoms with E-state index in [1.165, 1.54) is 12.8 Å². The first kappa shape index (κ1) is 16.4. The van der Waals surface area contributed by atoms with Gasteiger partial charge in [0.15, 0.2) is 0 Å². The van der Waals surface area contributed by atoms with Gasteiger partial charge in [0.05, 0.1) is 0 Å². The molecule has 2 N–H and O–H groups in total. The van der Waals surface area contributed by atoms with E-state index in [-0.39, 0.29) is 12.5 Å². The number of carbonyl (C=O) groups excluding carboxylic acids is 1. The smallest absolute Gasteiger partial charge is 0.222 e. The van der Waals surface area contributed by atoms with Crippen molar-refractivity contribution >= 4 is 5.91 Å². The molecule has 112 valence electrons. The SMILES string of the molecule is CC(CC(=O)N(C)CCCCCO)C1CCCNC1. The zero-order valence-corrected chi connectivity index (χ0v) is 12.5. The van der Waals surface area contributed by atoms with Gasteiger partial charge in [0.2, 0.25) is 5.91 Å². The summed E-state index contributed by atoms with van der Waals surface area (Å²) < 4.78 is 0. The molecule has 1 rings (SSSR count). The van der Waals surface area contributed by atoms with Crippen LogP contribution in [0.2, 0.25) is 0 Å². The quantitative estimate of drug-likeness (QED) is 0.659. The zero-order valence-electron chi connectivity index (χ0n) is 12.5. The molecule has 4 heteroatoms. The molecular weight excluding hydrogens is 240 g/mol. The van der Waals surface area contributed by atoms with Crippen LogP contribution in [0.25, 0.3) is 0 Å². The molecule has 0 aromatic rings. The fraction of sp³-hybridized carbons (Fsp3) is 0.933. The Kier molecular flexibility index (Phi) is 8.07. The summed E-state index contributed by atoms with van der Waals surface area (Å²) in [5, 5.41) is 12.1. The molecule has 0 aromatic heterocycles. The summed E-state index contributed by atoms with van der Waals surface area (Å²) in [5.41, 5.74) is 0. The Morgan fingerprint density at radius 2 is 2.21 bits per heavy atom. The molecule has 4 nitrogen and oxygen atoms in total. The highest BCUT2D eigenvalue weighted by Gasteiger charge is 2.23. The van der Waals surface area contributed by atoms with Crippen molar-refractivity contribution in [2.45, 2.75) is 45.4 Å². The third kappa shape index (κ3) is 6.39. The number of aliphatic hydroxyl groups excluding tert-OH is 1. The van der Waals surface area contributed by atoms with E-state index in [9.17, 15) is 4.79 Å². The van der Waals surface area contributed by atoms with E-state index >= 15 is 0 Å². The first-order chi connectivity index (χ1) is 9.15. The average Bonchev–Trinajstić information content (AvgIpc) is 2.44. The van der Waals surface area contributed by atoms with E-state index in [0.717, 1.165) is 38.9 Å². The van der Waals surface area contributed by atoms with Crippen LogP contribution in [0.5, 0.6) is 0 Å². The highest BCUT2D eigenvalue weighted by Crippen LogP contribution is 2.23. The summed E-state index contributed by atoms with van der Waals surface area (Å²) in [7, 11) is 1.90. The van der Waals surface area contributed by atoms with Crippen LogP contribution >= 0.6 is 0 Å². The highest BCUT2D eigenvalue weighted by atomic mass is 16.2. The molecule has 1 fully saturated rings. The summed E-state index contributed by atoms with van der Waals surface area (Å²) in [6.07, 6.45) is 5.98. The van der Waals surface area contributed by atoms with E-state index in [1.807, 2.05) is 11.9 Å². The lowest BCUT2D eigenvalue weighted by Crippen LogP contribution is -2.36. The maximum Gasteiger partial charge on any atom is 0.222 e. The standard InChI is InChI=1S/C15H30N2O2/c1-13(14-7-6-8-16-12-14)11-15(19)17(2)9-4-3-5-10-18/h13-14,16,18H,3-12H2,1-2H3. The van der Waals surface area contributed by atoms with E-state index in [0.29, 0.717) is 18.3 Å². The summed E-state index contributed by atoms with van der Waals surface area (Å²) in [4.78, 5) is 14.0. The summed E-state index contributed by atoms with van der Waals surface area (Å²) in [6, 6.07) is 0. The van der Waals surface area contributed by atoms with Crippen molar-refractivity contribution in [1.82, 2.24) is 10.2 Å². The molecule has 0 radical (unpaired) electrons. The van der Waals surface area contributed by atoms with Gasteiger partial charge in [-0.05, 0) is 57.0 Å². The number of nitrogens with one attached hydrogen (secondary N) is 1. The predicted octanol–water partition coefficient (Wildman–Crippen LogP) is 1.63. The van der Waals surface area contributed by atoms with Gasteiger partial charge in [0, 0.05) is 26.6 Å². The van der Waals surface area contributed by atoms with E-state index in [2.05, 4.69) is 12.2 Å². The van der Waals surface area contributed by atoms with Crippen molar-refractivity contribution in [3.05, 3.63) is 0 Å². The Hall–Kier alpha value is -0.610. The van der Waals surface area contributed by atoms with E-state index < -0.39 is 0 Å². The Bertz CT molecular complexity index is 253. The topological polar surface area (TPSA) is 52.6 Å². The van der Waals surface area contributed by atoms with Gasteiger partial charge < -0.3 is 15.3 Å². The maximum absolute atomic E-state index is 12.1. The first-order valence-corrected chi connectivity index (χ1v) is 7.70. The van der Waals surface area contributed by atoms with Crippen molar-refractivity contribution in [3.63, 3.8) is 0 Å². The zero-order chi connectivity index (χ0) is 14.1. The second kappa shape index (κ2) is 9.32. The largest absolute Gasteiger partial charge is 0.396 e. The Morgan fingerprint density at radius 3 is 2.84 bits per heavy atom. The van der Waals surface area contributed by atoms with Crippen LogP contribution in [0.15, 0.2) is 0 Å². The molecule has 1 aliphatic rings. The van der Waals surface area contributed by atoms with Crippen LogP contribution in [0.1, 0.15) is 45.4 Å². The third-order valence-corrected chi connectivity index (χ3v) is 4.21. The minimum Gasteiger partial charge on any atom is -0.396 e. The number of carbonyl (C=O) groups is 1. The minimum absolute atomic E-state index is 0.253. The van der Waals surface area contributed by atoms with Crippen LogP contribution in [-0.4, -0.2) is 49.2 Å². The summed E-state index contributed by atoms with van der Waals surface area (Å²) in [6.45, 7) is 5.46. The average molecular weight is 270 g/mol. The van der Waals surface area contributed by atoms with Crippen LogP contribution in [0.4, 0.5) is 0 Å². The Morgan fingerprint density at radius 1 is 1.42 bits per heavy atom. The Labute approximate surface area is 117 Å². The number of hydrogen-bond donors (Lipinski definition) is 2. The normalized spacial score (nSPS) is 21.1. The number of amides is 1. The molecule has 1 aliphatic heterocycles. The third-order valence-electron chi connectivity index (χ3n) is 4.21. The predicted molar refractivity (Wildman–Crippen MR) is 77.9 cm³/mol. The molecule has 1 saturated heterocycles. The number of unbranched alkanes of at least 4 members (excludes halogenated alkanes) is 2. The number of hydrogen-bond acceptors (Lipinski definition) is 3. The molecule has 0 saturated carbocycles. The molecule has 0 bridgehead atoms. The first-order valence-electron chi connectivity index (χ1n) is 7.70. The second-order valence-corrected chi connectivity index (χ2v) is 5.89. The molecule has 0 aliphatic carbocycles. The van der Waals surface area contributed by atoms with Crippen molar-refractivity contribution in [3.8, 4) is 0 Å². The molecule has 2 atom stereocenters. The number of rotatable bonds is 8. The van der Waals surface area contributed by atoms with Gasteiger partial charge in [0.1, 0.15) is 0 Å². The molecule has 1 heterocycles. The summed E-state index contributed by atoms with van der Waals surface area (Å²) in [5.74, 6) is 1.39. The maximum atomic E-state index is 12.1. The highest BCUT2D eigenvalue weighted by molar-refractivity contribution is 5.76. The Balaban J connectivity index is 2.20. The van der Waals surface area contributed by atoms with Crippen molar-refractivity contribution < 1.29 is 9.90 Å². The lowest BCUT2D eigenvalue weighted by atomic mass is 9.85. The van der Waals surface area contributed by atoms with Gasteiger partial charge in [-0.2, -0.15) is 0 Å². The molecule has 1 amide bonds. The molecule has 19 heavy (non-hydrogen) atoms. The molecule has 0 spiro atoms. The van der Waals surface area contributed by atoms with E-state index in [1.54, 1.807) is 0 Å². The second-order valence-electron chi connectivity index (χ2n) is 5.89. The molecule has 0 aromatic carbocycles. The number of piperidine rings is 1. The number of aliphatic hydroxyl groups is 1. The monoisotopic (exact) mass is 270 g/mol. The number of nitrogens with zero attached hydrogens (tertiary/aromatic N) is 1. The lowest BCUT2D eigenvalue weighted by Gasteiger charge is -2.29. The van der Waals surface area contributed by atoms with Crippen molar-refractivity contribution in [2.75, 3.05) is 33.3 Å². The van der Waals surface area contributed by atoms with Gasteiger partial charge in [0.25, 0.3) is 0 Å². The van der Waals surface area contributed by atoms with Crippen molar-refractivity contribution in [1.29, 1.82) is 0 Å². The fourth-order valence-corrected chi connectivity index (χ4v) is 2.72. The van der Waals surface area contributed by atoms with Gasteiger partial charge in [-0.3, -0.25) is 4.79 Å². The van der Waals surface area contributed by atoms with E-state index in [4.69, 9.17) is 5.11 Å². The van der Waals surface area contributed by atoms with Crippen LogP contribution < -0.4 is 5.32 Å². The fourth-order valence-electron chi connectivity index (χ4n) is 2.72. The lowest BCUT2D eigenvalue weighted by molar-refractivity contribution is -0.131. The van der Waals surface area contributed by atoms with Gasteiger partial charge in [-0.1, -0.05) is 6.92 Å². The van der Waals surface area contributed by atoms with Crippen LogP contribution in [-0.2, 0) is 4.79 Å². The van der Waals surface area contributed by atoms with Crippen molar-refractivity contribution in [2.24, 2.45) is 11.8 Å². The molecule has 2 unspecified atom stereocenters. The van der Waals surface area contributed by atoms with Crippen LogP contribution in [0, 0.1) is 11.8 Å². The minimum atomic E-state index is 0.253. The van der Waals surface area contributed by atoms with Crippen LogP contribution in [0.3, 0.4) is 0 Å². The summed E-state index contributed by atoms with van der Waals surface area (Å²) >= 11 is 0. The van der Waals surface area contributed by atoms with Gasteiger partial charge in [-0.25, -0.2) is 0 Å². The molecular formula is C15H30N2O2.